The molecular weight excluding hydrogens is 172 g/mol. The molecule has 5 nitrogen and oxygen atoms in total. The minimum absolute atomic E-state index is 0.230. The summed E-state index contributed by atoms with van der Waals surface area (Å²) in [4.78, 5) is 29.0. The molecule has 1 aromatic heterocycles. The Morgan fingerprint density at radius 2 is 2.23 bits per heavy atom. The zero-order chi connectivity index (χ0) is 9.84. The van der Waals surface area contributed by atoms with Crippen LogP contribution in [-0.2, 0) is 4.84 Å². The maximum Gasteiger partial charge on any atom is 0.276 e. The first-order valence-electron chi connectivity index (χ1n) is 3.68. The molecule has 0 atom stereocenters. The van der Waals surface area contributed by atoms with Crippen molar-refractivity contribution in [1.29, 1.82) is 0 Å². The minimum atomic E-state index is -0.378. The Kier molecular flexibility index (Phi) is 2.81. The van der Waals surface area contributed by atoms with Crippen LogP contribution in [0.5, 0.6) is 0 Å². The van der Waals surface area contributed by atoms with E-state index in [2.05, 4.69) is 15.3 Å². The first-order chi connectivity index (χ1) is 6.15. The standard InChI is InChI=1S/C8H10N2O3/c1-5-6(8(12)10-13-2)3-4-7(11)9-5/h3-4H,1-2H3,(H,9,11)(H,10,12). The van der Waals surface area contributed by atoms with E-state index < -0.39 is 0 Å². The number of carbonyl (C=O) groups is 1. The van der Waals surface area contributed by atoms with Crippen LogP contribution in [0.4, 0.5) is 0 Å². The lowest BCUT2D eigenvalue weighted by atomic mass is 10.2. The average Bonchev–Trinajstić information content (AvgIpc) is 2.04. The lowest BCUT2D eigenvalue weighted by Crippen LogP contribution is -2.24. The predicted molar refractivity (Wildman–Crippen MR) is 46.3 cm³/mol. The number of hydrogen-bond acceptors (Lipinski definition) is 3. The maximum absolute atomic E-state index is 11.2. The number of hydroxylamine groups is 1. The van der Waals surface area contributed by atoms with Crippen LogP contribution in [0.2, 0.25) is 0 Å². The monoisotopic (exact) mass is 182 g/mol. The summed E-state index contributed by atoms with van der Waals surface area (Å²) < 4.78 is 0. The Morgan fingerprint density at radius 3 is 2.77 bits per heavy atom. The zero-order valence-corrected chi connectivity index (χ0v) is 7.38. The largest absolute Gasteiger partial charge is 0.326 e. The normalized spacial score (nSPS) is 9.69. The van der Waals surface area contributed by atoms with Gasteiger partial charge in [-0.3, -0.25) is 14.4 Å². The van der Waals surface area contributed by atoms with Gasteiger partial charge in [0.05, 0.1) is 12.7 Å². The van der Waals surface area contributed by atoms with Gasteiger partial charge < -0.3 is 4.98 Å². The number of H-pyrrole nitrogens is 1. The fraction of sp³-hybridized carbons (Fsp3) is 0.250. The van der Waals surface area contributed by atoms with E-state index >= 15 is 0 Å². The van der Waals surface area contributed by atoms with Gasteiger partial charge in [0.2, 0.25) is 5.56 Å². The Labute approximate surface area is 74.7 Å². The molecule has 0 fully saturated rings. The van der Waals surface area contributed by atoms with Crippen LogP contribution in [0.15, 0.2) is 16.9 Å². The van der Waals surface area contributed by atoms with Gasteiger partial charge in [0, 0.05) is 11.8 Å². The second-order valence-corrected chi connectivity index (χ2v) is 2.50. The number of aryl methyl sites for hydroxylation is 1. The first-order valence-corrected chi connectivity index (χ1v) is 3.68. The lowest BCUT2D eigenvalue weighted by Gasteiger charge is -2.03. The van der Waals surface area contributed by atoms with Gasteiger partial charge >= 0.3 is 0 Å². The van der Waals surface area contributed by atoms with Crippen molar-refractivity contribution >= 4 is 5.91 Å². The number of aromatic nitrogens is 1. The summed E-state index contributed by atoms with van der Waals surface area (Å²) >= 11 is 0. The van der Waals surface area contributed by atoms with Crippen LogP contribution in [0.25, 0.3) is 0 Å². The summed E-state index contributed by atoms with van der Waals surface area (Å²) in [5, 5.41) is 0. The lowest BCUT2D eigenvalue weighted by molar-refractivity contribution is 0.0536. The highest BCUT2D eigenvalue weighted by Crippen LogP contribution is 2.00. The van der Waals surface area contributed by atoms with Crippen LogP contribution >= 0.6 is 0 Å². The molecule has 2 N–H and O–H groups in total. The van der Waals surface area contributed by atoms with Crippen molar-refractivity contribution in [1.82, 2.24) is 10.5 Å². The molecule has 0 spiro atoms. The quantitative estimate of drug-likeness (QED) is 0.631. The summed E-state index contributed by atoms with van der Waals surface area (Å²) in [6.07, 6.45) is 0. The van der Waals surface area contributed by atoms with Crippen molar-refractivity contribution in [3.63, 3.8) is 0 Å². The van der Waals surface area contributed by atoms with Gasteiger partial charge in [-0.25, -0.2) is 5.48 Å². The third-order valence-electron chi connectivity index (χ3n) is 1.56. The molecule has 0 saturated carbocycles. The summed E-state index contributed by atoms with van der Waals surface area (Å²) in [7, 11) is 1.35. The highest BCUT2D eigenvalue weighted by atomic mass is 16.6. The second kappa shape index (κ2) is 3.86. The molecule has 1 rings (SSSR count). The van der Waals surface area contributed by atoms with Crippen molar-refractivity contribution in [3.8, 4) is 0 Å². The van der Waals surface area contributed by atoms with Gasteiger partial charge in [0.1, 0.15) is 0 Å². The maximum atomic E-state index is 11.2. The van der Waals surface area contributed by atoms with Crippen molar-refractivity contribution in [2.45, 2.75) is 6.92 Å². The van der Waals surface area contributed by atoms with Gasteiger partial charge in [-0.2, -0.15) is 0 Å². The molecule has 1 aromatic rings. The van der Waals surface area contributed by atoms with Crippen LogP contribution in [0, 0.1) is 6.92 Å². The van der Waals surface area contributed by atoms with Gasteiger partial charge in [0.15, 0.2) is 0 Å². The number of aromatic amines is 1. The molecule has 13 heavy (non-hydrogen) atoms. The summed E-state index contributed by atoms with van der Waals surface area (Å²) in [5.41, 5.74) is 2.84. The summed E-state index contributed by atoms with van der Waals surface area (Å²) in [6.45, 7) is 1.64. The average molecular weight is 182 g/mol. The third kappa shape index (κ3) is 2.16. The van der Waals surface area contributed by atoms with Gasteiger partial charge in [-0.15, -0.1) is 0 Å². The van der Waals surface area contributed by atoms with Crippen LogP contribution < -0.4 is 11.0 Å². The minimum Gasteiger partial charge on any atom is -0.326 e. The van der Waals surface area contributed by atoms with Crippen LogP contribution in [0.1, 0.15) is 16.1 Å². The molecule has 70 valence electrons. The topological polar surface area (TPSA) is 71.2 Å². The van der Waals surface area contributed by atoms with Crippen LogP contribution in [-0.4, -0.2) is 18.0 Å². The number of amides is 1. The third-order valence-corrected chi connectivity index (χ3v) is 1.56. The van der Waals surface area contributed by atoms with E-state index in [0.717, 1.165) is 0 Å². The van der Waals surface area contributed by atoms with Crippen LogP contribution in [0.3, 0.4) is 0 Å². The molecule has 0 aromatic carbocycles. The van der Waals surface area contributed by atoms with E-state index in [1.807, 2.05) is 0 Å². The summed E-state index contributed by atoms with van der Waals surface area (Å²) in [6, 6.07) is 2.74. The molecule has 0 aliphatic heterocycles. The van der Waals surface area contributed by atoms with Gasteiger partial charge in [0.25, 0.3) is 5.91 Å². The SMILES string of the molecule is CONC(=O)c1ccc(=O)[nH]c1C. The predicted octanol–water partition coefficient (Wildman–Crippen LogP) is -0.0255. The van der Waals surface area contributed by atoms with E-state index in [4.69, 9.17) is 0 Å². The van der Waals surface area contributed by atoms with E-state index in [-0.39, 0.29) is 11.5 Å². The van der Waals surface area contributed by atoms with Crippen molar-refractivity contribution in [2.24, 2.45) is 0 Å². The molecule has 0 radical (unpaired) electrons. The molecule has 0 aliphatic rings. The molecule has 0 unspecified atom stereocenters. The van der Waals surface area contributed by atoms with E-state index in [9.17, 15) is 9.59 Å². The Bertz CT molecular complexity index is 370. The van der Waals surface area contributed by atoms with Crippen molar-refractivity contribution < 1.29 is 9.63 Å². The Morgan fingerprint density at radius 1 is 1.54 bits per heavy atom. The highest BCUT2D eigenvalue weighted by Gasteiger charge is 2.07. The smallest absolute Gasteiger partial charge is 0.276 e. The molecule has 0 aliphatic carbocycles. The molecular formula is C8H10N2O3. The van der Waals surface area contributed by atoms with Crippen molar-refractivity contribution in [2.75, 3.05) is 7.11 Å². The van der Waals surface area contributed by atoms with Crippen molar-refractivity contribution in [3.05, 3.63) is 33.7 Å². The fourth-order valence-electron chi connectivity index (χ4n) is 0.971. The van der Waals surface area contributed by atoms with Gasteiger partial charge in [-0.05, 0) is 13.0 Å². The Balaban J connectivity index is 3.02. The number of pyridine rings is 1. The van der Waals surface area contributed by atoms with Gasteiger partial charge in [-0.1, -0.05) is 0 Å². The van der Waals surface area contributed by atoms with E-state index in [1.165, 1.54) is 19.2 Å². The number of rotatable bonds is 2. The second-order valence-electron chi connectivity index (χ2n) is 2.50. The zero-order valence-electron chi connectivity index (χ0n) is 7.38. The molecule has 1 amide bonds. The summed E-state index contributed by atoms with van der Waals surface area (Å²) in [5.74, 6) is -0.378. The Hall–Kier alpha value is -1.62. The first kappa shape index (κ1) is 9.47. The number of hydrogen-bond donors (Lipinski definition) is 2. The number of carbonyl (C=O) groups excluding carboxylic acids is 1. The molecule has 0 saturated heterocycles. The highest BCUT2D eigenvalue weighted by molar-refractivity contribution is 5.94. The van der Waals surface area contributed by atoms with E-state index in [0.29, 0.717) is 11.3 Å². The van der Waals surface area contributed by atoms with E-state index in [1.54, 1.807) is 6.92 Å². The number of nitrogens with one attached hydrogen (secondary N) is 2. The fourth-order valence-corrected chi connectivity index (χ4v) is 0.971. The molecule has 5 heteroatoms. The molecule has 0 bridgehead atoms. The molecule has 1 heterocycles.